The number of imide groups is 1. The minimum Gasteiger partial charge on any atom is -0.464 e. The van der Waals surface area contributed by atoms with Crippen molar-refractivity contribution >= 4 is 45.7 Å². The van der Waals surface area contributed by atoms with E-state index in [1.807, 2.05) is 62.9 Å². The standard InChI is InChI=1S/C29H25N3O5/c1-15-12-17-14-20(28(35)37-29(2,3)4)32-10-9-30-23(19(13-15)24(17)32)22-21(26(33)31-27(22)34)18-7-5-6-16-8-11-36-25(16)18/h5-13,20H,14H2,1-4H3,(H,31,33,34). The Bertz CT molecular complexity index is 1620. The summed E-state index contributed by atoms with van der Waals surface area (Å²) in [6.45, 7) is 7.47. The summed E-state index contributed by atoms with van der Waals surface area (Å²) in [5, 5.41) is 3.26. The molecule has 0 saturated heterocycles. The van der Waals surface area contributed by atoms with Gasteiger partial charge in [0.25, 0.3) is 11.8 Å². The number of hydrogen-bond acceptors (Lipinski definition) is 7. The molecule has 8 heteroatoms. The summed E-state index contributed by atoms with van der Waals surface area (Å²) in [6, 6.07) is 10.7. The average molecular weight is 496 g/mol. The maximum absolute atomic E-state index is 13.2. The minimum absolute atomic E-state index is 0.175. The Hall–Kier alpha value is -4.46. The van der Waals surface area contributed by atoms with Crippen LogP contribution in [0.2, 0.25) is 0 Å². The summed E-state index contributed by atoms with van der Waals surface area (Å²) in [7, 11) is 0. The first-order chi connectivity index (χ1) is 17.6. The Kier molecular flexibility index (Phi) is 4.98. The number of hydrogen-bond donors (Lipinski definition) is 1. The molecule has 4 heterocycles. The van der Waals surface area contributed by atoms with Crippen LogP contribution in [-0.4, -0.2) is 35.1 Å². The van der Waals surface area contributed by atoms with Gasteiger partial charge in [0.15, 0.2) is 0 Å². The quantitative estimate of drug-likeness (QED) is 0.432. The van der Waals surface area contributed by atoms with E-state index in [2.05, 4.69) is 10.3 Å². The predicted octanol–water partition coefficient (Wildman–Crippen LogP) is 4.20. The van der Waals surface area contributed by atoms with Crippen LogP contribution in [-0.2, 0) is 25.5 Å². The number of aliphatic imine (C=N–C) groups is 1. The number of benzene rings is 2. The van der Waals surface area contributed by atoms with Crippen LogP contribution in [0, 0.1) is 6.92 Å². The summed E-state index contributed by atoms with van der Waals surface area (Å²) < 4.78 is 11.4. The Balaban J connectivity index is 1.54. The lowest BCUT2D eigenvalue weighted by atomic mass is 9.91. The third-order valence-electron chi connectivity index (χ3n) is 6.62. The molecule has 3 aliphatic rings. The van der Waals surface area contributed by atoms with E-state index in [0.717, 1.165) is 22.2 Å². The van der Waals surface area contributed by atoms with Gasteiger partial charge in [0.05, 0.1) is 28.8 Å². The fourth-order valence-electron chi connectivity index (χ4n) is 5.28. The maximum atomic E-state index is 13.2. The van der Waals surface area contributed by atoms with Crippen LogP contribution in [0.5, 0.6) is 0 Å². The number of nitrogens with one attached hydrogen (secondary N) is 1. The average Bonchev–Trinajstić information content (AvgIpc) is 3.47. The van der Waals surface area contributed by atoms with Gasteiger partial charge < -0.3 is 14.1 Å². The van der Waals surface area contributed by atoms with E-state index in [0.29, 0.717) is 28.8 Å². The van der Waals surface area contributed by atoms with Gasteiger partial charge in [-0.25, -0.2) is 4.79 Å². The highest BCUT2D eigenvalue weighted by atomic mass is 16.6. The number of amides is 2. The Morgan fingerprint density at radius 3 is 2.68 bits per heavy atom. The summed E-state index contributed by atoms with van der Waals surface area (Å²) in [6.07, 6.45) is 5.30. The highest BCUT2D eigenvalue weighted by molar-refractivity contribution is 6.48. The monoisotopic (exact) mass is 495 g/mol. The van der Waals surface area contributed by atoms with E-state index in [1.165, 1.54) is 0 Å². The van der Waals surface area contributed by atoms with Crippen LogP contribution in [0.25, 0.3) is 16.5 Å². The van der Waals surface area contributed by atoms with Crippen molar-refractivity contribution in [3.8, 4) is 0 Å². The zero-order valence-corrected chi connectivity index (χ0v) is 20.9. The number of esters is 1. The predicted molar refractivity (Wildman–Crippen MR) is 139 cm³/mol. The van der Waals surface area contributed by atoms with E-state index in [1.54, 1.807) is 24.7 Å². The smallest absolute Gasteiger partial charge is 0.329 e. The van der Waals surface area contributed by atoms with Crippen LogP contribution >= 0.6 is 0 Å². The Morgan fingerprint density at radius 2 is 1.89 bits per heavy atom. The van der Waals surface area contributed by atoms with Gasteiger partial charge in [0.2, 0.25) is 0 Å². The molecule has 0 saturated carbocycles. The molecule has 0 bridgehead atoms. The van der Waals surface area contributed by atoms with Gasteiger partial charge in [0, 0.05) is 35.3 Å². The molecular formula is C29H25N3O5. The Morgan fingerprint density at radius 1 is 1.11 bits per heavy atom. The number of rotatable bonds is 3. The molecule has 0 fully saturated rings. The van der Waals surface area contributed by atoms with Crippen molar-refractivity contribution in [1.82, 2.24) is 5.32 Å². The SMILES string of the molecule is Cc1cc2c3c(c1)C(C1=C(c4cccc5ccoc45)C(=O)NC1=O)=NC=CN3C(C(=O)OC(C)(C)C)C2. The molecule has 1 aromatic heterocycles. The number of ether oxygens (including phenoxy) is 1. The van der Waals surface area contributed by atoms with Gasteiger partial charge in [-0.3, -0.25) is 19.9 Å². The molecule has 1 atom stereocenters. The number of fused-ring (bicyclic) bond motifs is 1. The zero-order chi connectivity index (χ0) is 26.1. The first kappa shape index (κ1) is 23.0. The second kappa shape index (κ2) is 8.03. The molecule has 0 aliphatic carbocycles. The number of anilines is 1. The lowest BCUT2D eigenvalue weighted by Gasteiger charge is -2.27. The third-order valence-corrected chi connectivity index (χ3v) is 6.62. The van der Waals surface area contributed by atoms with Crippen molar-refractivity contribution in [3.63, 3.8) is 0 Å². The lowest BCUT2D eigenvalue weighted by Crippen LogP contribution is -2.40. The number of carbonyl (C=O) groups excluding carboxylic acids is 3. The fraction of sp³-hybridized carbons (Fsp3) is 0.241. The zero-order valence-electron chi connectivity index (χ0n) is 20.9. The van der Waals surface area contributed by atoms with E-state index in [9.17, 15) is 14.4 Å². The molecule has 186 valence electrons. The molecule has 2 amide bonds. The van der Waals surface area contributed by atoms with Crippen LogP contribution in [0.1, 0.15) is 43.0 Å². The normalized spacial score (nSPS) is 18.8. The molecule has 0 radical (unpaired) electrons. The molecule has 6 rings (SSSR count). The van der Waals surface area contributed by atoms with Crippen molar-refractivity contribution in [2.45, 2.75) is 45.8 Å². The first-order valence-corrected chi connectivity index (χ1v) is 12.1. The van der Waals surface area contributed by atoms with Gasteiger partial charge >= 0.3 is 5.97 Å². The van der Waals surface area contributed by atoms with Crippen LogP contribution in [0.15, 0.2) is 70.0 Å². The molecule has 3 aliphatic heterocycles. The number of carbonyl (C=O) groups is 3. The Labute approximate surface area is 213 Å². The maximum Gasteiger partial charge on any atom is 0.329 e. The molecule has 1 N–H and O–H groups in total. The van der Waals surface area contributed by atoms with Gasteiger partial charge in [-0.05, 0) is 45.4 Å². The highest BCUT2D eigenvalue weighted by Gasteiger charge is 2.42. The minimum atomic E-state index is -0.628. The molecule has 3 aromatic rings. The van der Waals surface area contributed by atoms with Crippen molar-refractivity contribution < 1.29 is 23.5 Å². The number of para-hydroxylation sites is 1. The molecular weight excluding hydrogens is 470 g/mol. The first-order valence-electron chi connectivity index (χ1n) is 12.1. The molecule has 0 spiro atoms. The van der Waals surface area contributed by atoms with E-state index in [4.69, 9.17) is 9.15 Å². The number of nitrogens with zero attached hydrogens (tertiary/aromatic N) is 2. The second-order valence-corrected chi connectivity index (χ2v) is 10.4. The molecule has 37 heavy (non-hydrogen) atoms. The number of aryl methyl sites for hydroxylation is 1. The van der Waals surface area contributed by atoms with E-state index < -0.39 is 23.5 Å². The van der Waals surface area contributed by atoms with Gasteiger partial charge in [-0.1, -0.05) is 29.8 Å². The molecule has 2 aromatic carbocycles. The van der Waals surface area contributed by atoms with Crippen LogP contribution in [0.4, 0.5) is 5.69 Å². The van der Waals surface area contributed by atoms with Crippen molar-refractivity contribution in [2.24, 2.45) is 4.99 Å². The lowest BCUT2D eigenvalue weighted by molar-refractivity contribution is -0.156. The molecule has 1 unspecified atom stereocenters. The van der Waals surface area contributed by atoms with Crippen LogP contribution < -0.4 is 10.2 Å². The molecule has 8 nitrogen and oxygen atoms in total. The summed E-state index contributed by atoms with van der Waals surface area (Å²) in [5.74, 6) is -1.37. The summed E-state index contributed by atoms with van der Waals surface area (Å²) >= 11 is 0. The topological polar surface area (TPSA) is 101 Å². The van der Waals surface area contributed by atoms with E-state index >= 15 is 0 Å². The van der Waals surface area contributed by atoms with E-state index in [-0.39, 0.29) is 17.1 Å². The van der Waals surface area contributed by atoms with Crippen LogP contribution in [0.3, 0.4) is 0 Å². The third kappa shape index (κ3) is 3.67. The van der Waals surface area contributed by atoms with Crippen molar-refractivity contribution in [2.75, 3.05) is 4.90 Å². The fourth-order valence-corrected chi connectivity index (χ4v) is 5.28. The van der Waals surface area contributed by atoms with Gasteiger partial charge in [-0.2, -0.15) is 0 Å². The summed E-state index contributed by atoms with van der Waals surface area (Å²) in [5.41, 5.74) is 4.52. The van der Waals surface area contributed by atoms with Crippen molar-refractivity contribution in [1.29, 1.82) is 0 Å². The largest absolute Gasteiger partial charge is 0.464 e. The van der Waals surface area contributed by atoms with Gasteiger partial charge in [0.1, 0.15) is 17.2 Å². The summed E-state index contributed by atoms with van der Waals surface area (Å²) in [4.78, 5) is 46.0. The highest BCUT2D eigenvalue weighted by Crippen LogP contribution is 2.42. The van der Waals surface area contributed by atoms with Crippen molar-refractivity contribution in [3.05, 3.63) is 82.9 Å². The number of furan rings is 1. The second-order valence-electron chi connectivity index (χ2n) is 10.4. The van der Waals surface area contributed by atoms with Gasteiger partial charge in [-0.15, -0.1) is 0 Å².